The number of hydrogen-bond donors (Lipinski definition) is 1. The zero-order valence-electron chi connectivity index (χ0n) is 13.8. The fourth-order valence-electron chi connectivity index (χ4n) is 3.48. The van der Waals surface area contributed by atoms with Crippen LogP contribution in [0.3, 0.4) is 0 Å². The predicted molar refractivity (Wildman–Crippen MR) is 96.5 cm³/mol. The van der Waals surface area contributed by atoms with Gasteiger partial charge in [0.2, 0.25) is 5.91 Å². The van der Waals surface area contributed by atoms with Gasteiger partial charge in [-0.1, -0.05) is 24.4 Å². The molecule has 25 heavy (non-hydrogen) atoms. The Bertz CT molecular complexity index is 657. The second-order valence-electron chi connectivity index (χ2n) is 6.57. The maximum absolute atomic E-state index is 13.9. The number of carbonyl (C=O) groups is 2. The van der Waals surface area contributed by atoms with Crippen molar-refractivity contribution in [2.24, 2.45) is 5.73 Å². The molecule has 8 heteroatoms. The molecule has 2 fully saturated rings. The van der Waals surface area contributed by atoms with Crippen LogP contribution >= 0.6 is 24.0 Å². The van der Waals surface area contributed by atoms with Gasteiger partial charge in [-0.2, -0.15) is 0 Å². The first-order valence-corrected chi connectivity index (χ1v) is 8.61. The summed E-state index contributed by atoms with van der Waals surface area (Å²) in [6.45, 7) is 1.61. The van der Waals surface area contributed by atoms with E-state index >= 15 is 0 Å². The molecule has 1 aliphatic heterocycles. The molecule has 2 N–H and O–H groups in total. The van der Waals surface area contributed by atoms with Crippen LogP contribution in [0.1, 0.15) is 36.0 Å². The van der Waals surface area contributed by atoms with Crippen LogP contribution in [-0.2, 0) is 4.79 Å². The molecule has 138 valence electrons. The molecule has 5 nitrogen and oxygen atoms in total. The monoisotopic (exact) mass is 389 g/mol. The Balaban J connectivity index is 0.00000225. The van der Waals surface area contributed by atoms with E-state index in [0.717, 1.165) is 31.7 Å². The highest BCUT2D eigenvalue weighted by molar-refractivity contribution is 6.30. The summed E-state index contributed by atoms with van der Waals surface area (Å²) in [5.41, 5.74) is 5.48. The lowest BCUT2D eigenvalue weighted by atomic mass is 9.97. The van der Waals surface area contributed by atoms with Crippen LogP contribution < -0.4 is 5.73 Å². The molecule has 1 saturated carbocycles. The number of rotatable bonds is 2. The van der Waals surface area contributed by atoms with Crippen LogP contribution in [0.25, 0.3) is 0 Å². The van der Waals surface area contributed by atoms with Crippen molar-refractivity contribution in [2.75, 3.05) is 26.2 Å². The topological polar surface area (TPSA) is 66.6 Å². The summed E-state index contributed by atoms with van der Waals surface area (Å²) in [4.78, 5) is 28.3. The van der Waals surface area contributed by atoms with Gasteiger partial charge >= 0.3 is 0 Å². The number of halogens is 3. The number of hydrogen-bond acceptors (Lipinski definition) is 3. The van der Waals surface area contributed by atoms with Gasteiger partial charge in [0, 0.05) is 31.2 Å². The molecule has 3 rings (SSSR count). The van der Waals surface area contributed by atoms with Crippen molar-refractivity contribution in [1.29, 1.82) is 0 Å². The number of amides is 2. The summed E-state index contributed by atoms with van der Waals surface area (Å²) in [5.74, 6) is -1.03. The molecule has 1 aliphatic carbocycles. The Morgan fingerprint density at radius 2 is 1.64 bits per heavy atom. The lowest BCUT2D eigenvalue weighted by molar-refractivity contribution is -0.138. The van der Waals surface area contributed by atoms with E-state index < -0.39 is 11.4 Å². The zero-order chi connectivity index (χ0) is 17.3. The first kappa shape index (κ1) is 19.9. The molecule has 0 spiro atoms. The first-order chi connectivity index (χ1) is 11.4. The molecule has 0 unspecified atom stereocenters. The number of nitrogens with two attached hydrogens (primary N) is 1. The third-order valence-electron chi connectivity index (χ3n) is 4.94. The minimum Gasteiger partial charge on any atom is -0.338 e. The average Bonchev–Trinajstić information content (AvgIpc) is 3.02. The summed E-state index contributed by atoms with van der Waals surface area (Å²) in [7, 11) is 0. The number of nitrogens with zero attached hydrogens (tertiary/aromatic N) is 2. The van der Waals surface area contributed by atoms with Crippen molar-refractivity contribution in [3.8, 4) is 0 Å². The van der Waals surface area contributed by atoms with Crippen molar-refractivity contribution in [1.82, 2.24) is 9.80 Å². The quantitative estimate of drug-likeness (QED) is 0.844. The zero-order valence-corrected chi connectivity index (χ0v) is 15.4. The summed E-state index contributed by atoms with van der Waals surface area (Å²) in [5, 5.41) is 0.254. The number of carbonyl (C=O) groups excluding carboxylic acids is 2. The lowest BCUT2D eigenvalue weighted by Crippen LogP contribution is -2.59. The van der Waals surface area contributed by atoms with E-state index in [2.05, 4.69) is 0 Å². The molecule has 1 saturated heterocycles. The molecular weight excluding hydrogens is 368 g/mol. The Hall–Kier alpha value is -1.37. The van der Waals surface area contributed by atoms with Gasteiger partial charge in [-0.3, -0.25) is 9.59 Å². The van der Waals surface area contributed by atoms with E-state index in [-0.39, 0.29) is 34.8 Å². The largest absolute Gasteiger partial charge is 0.338 e. The lowest BCUT2D eigenvalue weighted by Gasteiger charge is -2.38. The Labute approximate surface area is 157 Å². The van der Waals surface area contributed by atoms with E-state index in [4.69, 9.17) is 17.3 Å². The highest BCUT2D eigenvalue weighted by Crippen LogP contribution is 2.29. The van der Waals surface area contributed by atoms with Crippen LogP contribution in [0.5, 0.6) is 0 Å². The SMILES string of the molecule is Cl.NC1(C(=O)N2CCN(C(=O)c3ccc(Cl)cc3F)CC2)CCCC1. The van der Waals surface area contributed by atoms with Crippen molar-refractivity contribution in [3.63, 3.8) is 0 Å². The van der Waals surface area contributed by atoms with E-state index in [9.17, 15) is 14.0 Å². The summed E-state index contributed by atoms with van der Waals surface area (Å²) < 4.78 is 13.9. The van der Waals surface area contributed by atoms with E-state index in [1.807, 2.05) is 0 Å². The van der Waals surface area contributed by atoms with Crippen molar-refractivity contribution in [2.45, 2.75) is 31.2 Å². The summed E-state index contributed by atoms with van der Waals surface area (Å²) in [6, 6.07) is 4.02. The van der Waals surface area contributed by atoms with Gasteiger partial charge in [-0.15, -0.1) is 12.4 Å². The Morgan fingerprint density at radius 1 is 1.08 bits per heavy atom. The standard InChI is InChI=1S/C17H21ClFN3O2.ClH/c18-12-3-4-13(14(19)11-12)15(23)21-7-9-22(10-8-21)16(24)17(20)5-1-2-6-17;/h3-4,11H,1-2,5-10,20H2;1H. The summed E-state index contributed by atoms with van der Waals surface area (Å²) in [6.07, 6.45) is 3.41. The maximum Gasteiger partial charge on any atom is 0.256 e. The van der Waals surface area contributed by atoms with Crippen molar-refractivity contribution >= 4 is 35.8 Å². The van der Waals surface area contributed by atoms with E-state index in [1.54, 1.807) is 9.80 Å². The van der Waals surface area contributed by atoms with Crippen LogP contribution in [0.15, 0.2) is 18.2 Å². The van der Waals surface area contributed by atoms with E-state index in [1.165, 1.54) is 12.1 Å². The molecule has 0 bridgehead atoms. The summed E-state index contributed by atoms with van der Waals surface area (Å²) >= 11 is 5.72. The molecule has 2 amide bonds. The van der Waals surface area contributed by atoms with Crippen LogP contribution in [0.4, 0.5) is 4.39 Å². The maximum atomic E-state index is 13.9. The molecular formula is C17H22Cl2FN3O2. The fourth-order valence-corrected chi connectivity index (χ4v) is 3.64. The molecule has 1 aromatic rings. The van der Waals surface area contributed by atoms with Gasteiger partial charge < -0.3 is 15.5 Å². The highest BCUT2D eigenvalue weighted by atomic mass is 35.5. The van der Waals surface area contributed by atoms with Gasteiger partial charge in [-0.05, 0) is 31.0 Å². The first-order valence-electron chi connectivity index (χ1n) is 8.23. The Kier molecular flexibility index (Phi) is 6.30. The molecule has 0 atom stereocenters. The van der Waals surface area contributed by atoms with Gasteiger partial charge in [0.05, 0.1) is 11.1 Å². The predicted octanol–water partition coefficient (Wildman–Crippen LogP) is 2.46. The second-order valence-corrected chi connectivity index (χ2v) is 7.01. The smallest absolute Gasteiger partial charge is 0.256 e. The van der Waals surface area contributed by atoms with Crippen LogP contribution in [0.2, 0.25) is 5.02 Å². The molecule has 1 aromatic carbocycles. The third kappa shape index (κ3) is 4.07. The van der Waals surface area contributed by atoms with Crippen LogP contribution in [-0.4, -0.2) is 53.3 Å². The molecule has 0 aromatic heterocycles. The normalized spacial score (nSPS) is 19.5. The molecule has 1 heterocycles. The minimum atomic E-state index is -0.742. The van der Waals surface area contributed by atoms with Gasteiger partial charge in [0.15, 0.2) is 0 Å². The van der Waals surface area contributed by atoms with Crippen molar-refractivity contribution in [3.05, 3.63) is 34.6 Å². The average molecular weight is 390 g/mol. The molecule has 2 aliphatic rings. The van der Waals surface area contributed by atoms with Crippen LogP contribution in [0, 0.1) is 5.82 Å². The number of piperazine rings is 1. The highest BCUT2D eigenvalue weighted by Gasteiger charge is 2.40. The second kappa shape index (κ2) is 7.89. The van der Waals surface area contributed by atoms with Gasteiger partial charge in [0.1, 0.15) is 5.82 Å². The fraction of sp³-hybridized carbons (Fsp3) is 0.529. The van der Waals surface area contributed by atoms with E-state index in [0.29, 0.717) is 26.2 Å². The molecule has 0 radical (unpaired) electrons. The van der Waals surface area contributed by atoms with Crippen molar-refractivity contribution < 1.29 is 14.0 Å². The Morgan fingerprint density at radius 3 is 2.20 bits per heavy atom. The third-order valence-corrected chi connectivity index (χ3v) is 5.17. The van der Waals surface area contributed by atoms with Gasteiger partial charge in [0.25, 0.3) is 5.91 Å². The van der Waals surface area contributed by atoms with Gasteiger partial charge in [-0.25, -0.2) is 4.39 Å². The minimum absolute atomic E-state index is 0. The number of benzene rings is 1.